The number of allylic oxidation sites excluding steroid dienone is 1. The molecule has 0 saturated carbocycles. The van der Waals surface area contributed by atoms with Crippen molar-refractivity contribution in [1.29, 1.82) is 0 Å². The summed E-state index contributed by atoms with van der Waals surface area (Å²) in [7, 11) is -0.260. The minimum Gasteiger partial charge on any atom is -0.435 e. The molecule has 0 saturated heterocycles. The predicted octanol–water partition coefficient (Wildman–Crippen LogP) is -0.150. The average molecular weight is 160 g/mol. The zero-order chi connectivity index (χ0) is 7.11. The Bertz CT molecular complexity index is 81.1. The van der Waals surface area contributed by atoms with Crippen LogP contribution in [0, 0.1) is 0 Å². The van der Waals surface area contributed by atoms with Crippen LogP contribution in [0.4, 0.5) is 0 Å². The molecule has 0 aliphatic rings. The molecule has 1 unspecified atom stereocenters. The van der Waals surface area contributed by atoms with Crippen LogP contribution in [0.3, 0.4) is 0 Å². The van der Waals surface area contributed by atoms with E-state index >= 15 is 0 Å². The Kier molecular flexibility index (Phi) is 6.35. The Morgan fingerprint density at radius 1 is 1.67 bits per heavy atom. The van der Waals surface area contributed by atoms with E-state index in [9.17, 15) is 0 Å². The molecule has 0 spiro atoms. The molecular formula is C6H16OSi2. The first-order valence-corrected chi connectivity index (χ1v) is 9.42. The first-order valence-electron chi connectivity index (χ1n) is 3.62. The highest BCUT2D eigenvalue weighted by Gasteiger charge is 1.86. The van der Waals surface area contributed by atoms with Crippen molar-refractivity contribution in [1.82, 2.24) is 0 Å². The van der Waals surface area contributed by atoms with Gasteiger partial charge >= 0.3 is 0 Å². The third-order valence-corrected chi connectivity index (χ3v) is 3.12. The lowest BCUT2D eigenvalue weighted by molar-refractivity contribution is 0.606. The molecule has 0 heterocycles. The Morgan fingerprint density at radius 2 is 2.33 bits per heavy atom. The molecular weight excluding hydrogens is 144 g/mol. The van der Waals surface area contributed by atoms with E-state index in [1.807, 2.05) is 5.70 Å². The Balaban J connectivity index is 3.04. The summed E-state index contributed by atoms with van der Waals surface area (Å²) in [5, 5.41) is 0. The molecule has 0 bridgehead atoms. The lowest BCUT2D eigenvalue weighted by Gasteiger charge is -1.90. The molecule has 0 rings (SSSR count). The second kappa shape index (κ2) is 6.26. The largest absolute Gasteiger partial charge is 0.435 e. The van der Waals surface area contributed by atoms with E-state index in [2.05, 4.69) is 13.0 Å². The van der Waals surface area contributed by atoms with Crippen LogP contribution in [-0.4, -0.2) is 23.1 Å². The van der Waals surface area contributed by atoms with E-state index < -0.39 is 8.56 Å². The van der Waals surface area contributed by atoms with Gasteiger partial charge in [-0.15, -0.1) is 0 Å². The van der Waals surface area contributed by atoms with Gasteiger partial charge in [-0.3, -0.25) is 0 Å². The minimum atomic E-state index is -1.25. The quantitative estimate of drug-likeness (QED) is 0.448. The molecule has 0 aromatic carbocycles. The van der Waals surface area contributed by atoms with Gasteiger partial charge in [-0.2, -0.15) is 0 Å². The lowest BCUT2D eigenvalue weighted by atomic mass is 10.2. The second-order valence-corrected chi connectivity index (χ2v) is 7.73. The monoisotopic (exact) mass is 160 g/mol. The summed E-state index contributed by atoms with van der Waals surface area (Å²) in [4.78, 5) is 8.97. The van der Waals surface area contributed by atoms with Gasteiger partial charge in [-0.05, 0) is 6.42 Å². The Morgan fingerprint density at radius 3 is 2.78 bits per heavy atom. The molecule has 9 heavy (non-hydrogen) atoms. The zero-order valence-electron chi connectivity index (χ0n) is 6.30. The molecule has 3 heteroatoms. The normalized spacial score (nSPS) is 14.9. The third kappa shape index (κ3) is 8.13. The Hall–Kier alpha value is 0.134. The highest BCUT2D eigenvalue weighted by molar-refractivity contribution is 7.01. The molecule has 0 aromatic rings. The van der Waals surface area contributed by atoms with Crippen LogP contribution in [-0.2, 0) is 0 Å². The third-order valence-electron chi connectivity index (χ3n) is 1.14. The van der Waals surface area contributed by atoms with Crippen LogP contribution in [0.15, 0.2) is 11.8 Å². The lowest BCUT2D eigenvalue weighted by Crippen LogP contribution is -2.06. The van der Waals surface area contributed by atoms with E-state index in [0.717, 1.165) is 16.2 Å². The summed E-state index contributed by atoms with van der Waals surface area (Å²) in [6, 6.07) is 0. The van der Waals surface area contributed by atoms with Crippen LogP contribution < -0.4 is 0 Å². The van der Waals surface area contributed by atoms with Crippen molar-refractivity contribution >= 4 is 18.3 Å². The van der Waals surface area contributed by atoms with Gasteiger partial charge in [0.05, 0.1) is 0 Å². The second-order valence-electron chi connectivity index (χ2n) is 2.31. The first kappa shape index (κ1) is 9.13. The van der Waals surface area contributed by atoms with Crippen molar-refractivity contribution in [3.8, 4) is 0 Å². The molecule has 0 amide bonds. The van der Waals surface area contributed by atoms with E-state index in [0.29, 0.717) is 0 Å². The first-order chi connectivity index (χ1) is 4.27. The average Bonchev–Trinajstić information content (AvgIpc) is 1.80. The fourth-order valence-electron chi connectivity index (χ4n) is 0.615. The van der Waals surface area contributed by atoms with Crippen LogP contribution in [0.2, 0.25) is 0 Å². The van der Waals surface area contributed by atoms with Gasteiger partial charge < -0.3 is 4.80 Å². The molecule has 0 aliphatic heterocycles. The van der Waals surface area contributed by atoms with E-state index in [-0.39, 0.29) is 0 Å². The van der Waals surface area contributed by atoms with Crippen molar-refractivity contribution in [2.75, 3.05) is 0 Å². The summed E-state index contributed by atoms with van der Waals surface area (Å²) in [6.07, 6.45) is 5.80. The fraction of sp³-hybridized carbons (Fsp3) is 0.667. The fourth-order valence-corrected chi connectivity index (χ4v) is 2.02. The van der Waals surface area contributed by atoms with Gasteiger partial charge in [0.2, 0.25) is 0 Å². The minimum absolute atomic E-state index is 0.995. The Labute approximate surface area is 61.7 Å². The van der Waals surface area contributed by atoms with Crippen molar-refractivity contribution in [2.24, 2.45) is 0 Å². The van der Waals surface area contributed by atoms with Crippen molar-refractivity contribution < 1.29 is 4.80 Å². The molecule has 0 aliphatic carbocycles. The molecule has 0 radical (unpaired) electrons. The van der Waals surface area contributed by atoms with Crippen LogP contribution >= 0.6 is 0 Å². The van der Waals surface area contributed by atoms with Gasteiger partial charge in [-0.1, -0.05) is 31.5 Å². The maximum absolute atomic E-state index is 8.97. The summed E-state index contributed by atoms with van der Waals surface area (Å²) >= 11 is 0. The van der Waals surface area contributed by atoms with Gasteiger partial charge in [0.15, 0.2) is 8.56 Å². The van der Waals surface area contributed by atoms with Gasteiger partial charge in [0.1, 0.15) is 0 Å². The van der Waals surface area contributed by atoms with Crippen molar-refractivity contribution in [2.45, 2.75) is 26.2 Å². The summed E-state index contributed by atoms with van der Waals surface area (Å²) < 4.78 is 0. The molecule has 0 aromatic heterocycles. The van der Waals surface area contributed by atoms with Crippen LogP contribution in [0.25, 0.3) is 0 Å². The molecule has 1 nitrogen and oxygen atoms in total. The van der Waals surface area contributed by atoms with Gasteiger partial charge in [0.25, 0.3) is 0 Å². The van der Waals surface area contributed by atoms with Gasteiger partial charge in [0, 0.05) is 9.76 Å². The number of hydrogen-bond acceptors (Lipinski definition) is 1. The predicted molar refractivity (Wildman–Crippen MR) is 48.0 cm³/mol. The van der Waals surface area contributed by atoms with Crippen LogP contribution in [0.5, 0.6) is 0 Å². The van der Waals surface area contributed by atoms with Crippen molar-refractivity contribution in [3.63, 3.8) is 0 Å². The van der Waals surface area contributed by atoms with E-state index in [1.165, 1.54) is 12.8 Å². The summed E-state index contributed by atoms with van der Waals surface area (Å²) in [5.41, 5.74) is 2.03. The highest BCUT2D eigenvalue weighted by Crippen LogP contribution is 1.94. The van der Waals surface area contributed by atoms with E-state index in [4.69, 9.17) is 4.80 Å². The molecule has 0 fully saturated rings. The highest BCUT2D eigenvalue weighted by atomic mass is 29.2. The molecule has 1 N–H and O–H groups in total. The zero-order valence-corrected chi connectivity index (χ0v) is 9.46. The topological polar surface area (TPSA) is 20.2 Å². The van der Waals surface area contributed by atoms with Crippen molar-refractivity contribution in [3.05, 3.63) is 11.8 Å². The SMILES string of the molecule is CCCCC=C[SiH](O)[SiH3]. The standard InChI is InChI=1S/C6H16OSi2/c1-2-3-4-5-6-9(7)8/h5-7,9H,2-4H2,1,8H3. The summed E-state index contributed by atoms with van der Waals surface area (Å²) in [6.45, 7) is 2.18. The molecule has 54 valence electrons. The van der Waals surface area contributed by atoms with E-state index in [1.54, 1.807) is 0 Å². The number of unbranched alkanes of at least 4 members (excludes halogenated alkanes) is 2. The summed E-state index contributed by atoms with van der Waals surface area (Å²) in [5.74, 6) is 0. The maximum atomic E-state index is 8.97. The molecule has 1 atom stereocenters. The van der Waals surface area contributed by atoms with Gasteiger partial charge in [-0.25, -0.2) is 0 Å². The maximum Gasteiger partial charge on any atom is 0.172 e. The smallest absolute Gasteiger partial charge is 0.172 e. The number of hydrogen-bond donors (Lipinski definition) is 1. The number of rotatable bonds is 4. The van der Waals surface area contributed by atoms with Crippen LogP contribution in [0.1, 0.15) is 26.2 Å².